The average Bonchev–Trinajstić information content (AvgIpc) is 3.02. The molecule has 0 unspecified atom stereocenters. The summed E-state index contributed by atoms with van der Waals surface area (Å²) in [5.41, 5.74) is 2.44. The number of aromatic amines is 1. The third-order valence-electron chi connectivity index (χ3n) is 3.86. The van der Waals surface area contributed by atoms with Gasteiger partial charge in [-0.2, -0.15) is 5.10 Å². The van der Waals surface area contributed by atoms with Crippen LogP contribution in [0.1, 0.15) is 5.56 Å². The van der Waals surface area contributed by atoms with Crippen LogP contribution in [0, 0.1) is 0 Å². The monoisotopic (exact) mass is 356 g/mol. The molecule has 0 aliphatic heterocycles. The van der Waals surface area contributed by atoms with Gasteiger partial charge in [-0.25, -0.2) is 19.8 Å². The Labute approximate surface area is 146 Å². The van der Waals surface area contributed by atoms with Gasteiger partial charge in [0.2, 0.25) is 6.33 Å². The van der Waals surface area contributed by atoms with Crippen LogP contribution in [-0.2, 0) is 25.4 Å². The summed E-state index contributed by atoms with van der Waals surface area (Å²) in [5, 5.41) is 15.0. The van der Waals surface area contributed by atoms with E-state index in [1.165, 1.54) is 47.9 Å². The van der Waals surface area contributed by atoms with E-state index in [0.29, 0.717) is 11.2 Å². The first-order valence-corrected chi connectivity index (χ1v) is 7.64. The standard InChI is InChI=1S/C16H16N6O4/c1-20-14-13(15(25)21(2)16(20)26)22(9-17-14)8-12(24)19-18-7-10-4-3-5-11(23)6-10/h3-7,9H,8H2,1-2H3,(H2,19,23,24)/b18-7+. The second-order valence-electron chi connectivity index (χ2n) is 5.67. The number of aryl methyl sites for hydroxylation is 1. The zero-order chi connectivity index (χ0) is 18.8. The van der Waals surface area contributed by atoms with Crippen LogP contribution in [0.25, 0.3) is 11.2 Å². The molecule has 10 nitrogen and oxygen atoms in total. The van der Waals surface area contributed by atoms with Crippen molar-refractivity contribution in [3.63, 3.8) is 0 Å². The molecule has 0 bridgehead atoms. The molecule has 0 saturated heterocycles. The molecule has 2 heterocycles. The summed E-state index contributed by atoms with van der Waals surface area (Å²) >= 11 is 0. The molecular formula is C16H16N6O4. The molecule has 0 radical (unpaired) electrons. The van der Waals surface area contributed by atoms with E-state index < -0.39 is 17.2 Å². The van der Waals surface area contributed by atoms with Crippen LogP contribution in [0.3, 0.4) is 0 Å². The molecule has 0 fully saturated rings. The minimum absolute atomic E-state index is 0.156. The van der Waals surface area contributed by atoms with Crippen LogP contribution in [0.5, 0.6) is 5.75 Å². The number of hydrazone groups is 1. The molecule has 1 aromatic carbocycles. The van der Waals surface area contributed by atoms with Gasteiger partial charge in [-0.05, 0) is 5.56 Å². The summed E-state index contributed by atoms with van der Waals surface area (Å²) < 4.78 is 3.66. The highest BCUT2D eigenvalue weighted by atomic mass is 16.3. The fourth-order valence-electron chi connectivity index (χ4n) is 2.54. The van der Waals surface area contributed by atoms with Gasteiger partial charge in [-0.15, -0.1) is 5.75 Å². The number of aromatic nitrogens is 4. The Hall–Kier alpha value is -3.69. The lowest BCUT2D eigenvalue weighted by Gasteiger charge is -2.04. The van der Waals surface area contributed by atoms with Crippen LogP contribution in [0.2, 0.25) is 0 Å². The summed E-state index contributed by atoms with van der Waals surface area (Å²) in [7, 11) is 2.90. The molecule has 0 aliphatic carbocycles. The Balaban J connectivity index is 1.80. The van der Waals surface area contributed by atoms with Gasteiger partial charge >= 0.3 is 11.2 Å². The Morgan fingerprint density at radius 1 is 1.35 bits per heavy atom. The van der Waals surface area contributed by atoms with Gasteiger partial charge in [0.05, 0.1) is 6.21 Å². The first-order chi connectivity index (χ1) is 12.4. The average molecular weight is 356 g/mol. The van der Waals surface area contributed by atoms with Crippen LogP contribution in [0.15, 0.2) is 45.3 Å². The van der Waals surface area contributed by atoms with Crippen LogP contribution in [-0.4, -0.2) is 26.2 Å². The molecule has 26 heavy (non-hydrogen) atoms. The topological polar surface area (TPSA) is 128 Å². The molecule has 134 valence electrons. The molecule has 0 atom stereocenters. The van der Waals surface area contributed by atoms with Crippen molar-refractivity contribution in [1.29, 1.82) is 0 Å². The number of H-pyrrole nitrogens is 1. The second kappa shape index (κ2) is 6.67. The Morgan fingerprint density at radius 3 is 2.85 bits per heavy atom. The summed E-state index contributed by atoms with van der Waals surface area (Å²) in [6.07, 6.45) is 2.79. The van der Waals surface area contributed by atoms with E-state index in [2.05, 4.69) is 15.5 Å². The summed E-state index contributed by atoms with van der Waals surface area (Å²) in [4.78, 5) is 39.1. The fraction of sp³-hybridized carbons (Fsp3) is 0.188. The number of carbonyl (C=O) groups is 1. The smallest absolute Gasteiger partial charge is 0.333 e. The minimum atomic E-state index is -0.507. The highest BCUT2D eigenvalue weighted by Gasteiger charge is 2.21. The number of hydrogen-bond acceptors (Lipinski definition) is 5. The Bertz CT molecular complexity index is 1140. The first-order valence-electron chi connectivity index (χ1n) is 7.64. The fourth-order valence-corrected chi connectivity index (χ4v) is 2.54. The largest absolute Gasteiger partial charge is 0.872 e. The number of nitrogens with zero attached hydrogens (tertiary/aromatic N) is 4. The van der Waals surface area contributed by atoms with E-state index in [1.807, 2.05) is 0 Å². The van der Waals surface area contributed by atoms with Crippen molar-refractivity contribution in [3.8, 4) is 5.75 Å². The van der Waals surface area contributed by atoms with Gasteiger partial charge < -0.3 is 5.11 Å². The maximum absolute atomic E-state index is 12.3. The molecule has 2 N–H and O–H groups in total. The molecule has 3 rings (SSSR count). The van der Waals surface area contributed by atoms with Gasteiger partial charge in [0.1, 0.15) is 0 Å². The van der Waals surface area contributed by atoms with Gasteiger partial charge in [-0.3, -0.25) is 18.7 Å². The second-order valence-corrected chi connectivity index (χ2v) is 5.67. The van der Waals surface area contributed by atoms with E-state index in [4.69, 9.17) is 0 Å². The van der Waals surface area contributed by atoms with Crippen molar-refractivity contribution in [2.24, 2.45) is 19.2 Å². The van der Waals surface area contributed by atoms with E-state index in [0.717, 1.165) is 4.57 Å². The lowest BCUT2D eigenvalue weighted by Crippen LogP contribution is -2.46. The van der Waals surface area contributed by atoms with Gasteiger partial charge in [-0.1, -0.05) is 24.3 Å². The lowest BCUT2D eigenvalue weighted by atomic mass is 10.2. The number of imidazole rings is 1. The zero-order valence-electron chi connectivity index (χ0n) is 14.1. The Morgan fingerprint density at radius 2 is 2.12 bits per heavy atom. The van der Waals surface area contributed by atoms with Crippen molar-refractivity contribution in [2.75, 3.05) is 0 Å². The number of rotatable bonds is 4. The zero-order valence-corrected chi connectivity index (χ0v) is 14.1. The summed E-state index contributed by atoms with van der Waals surface area (Å²) in [6.45, 7) is -0.174. The van der Waals surface area contributed by atoms with Gasteiger partial charge in [0.25, 0.3) is 17.1 Å². The van der Waals surface area contributed by atoms with Crippen molar-refractivity contribution >= 4 is 23.3 Å². The third-order valence-corrected chi connectivity index (χ3v) is 3.86. The maximum atomic E-state index is 12.3. The highest BCUT2D eigenvalue weighted by molar-refractivity contribution is 5.82. The normalized spacial score (nSPS) is 11.3. The van der Waals surface area contributed by atoms with Crippen molar-refractivity contribution in [2.45, 2.75) is 6.54 Å². The molecule has 0 spiro atoms. The number of amides is 1. The number of fused-ring (bicyclic) bond motifs is 1. The first kappa shape index (κ1) is 17.1. The predicted molar refractivity (Wildman–Crippen MR) is 90.6 cm³/mol. The molecule has 0 aliphatic rings. The van der Waals surface area contributed by atoms with Crippen LogP contribution in [0.4, 0.5) is 0 Å². The van der Waals surface area contributed by atoms with Crippen molar-refractivity contribution in [3.05, 3.63) is 57.0 Å². The van der Waals surface area contributed by atoms with Gasteiger partial charge in [0, 0.05) is 14.1 Å². The predicted octanol–water partition coefficient (Wildman–Crippen LogP) is -1.92. The number of benzene rings is 1. The lowest BCUT2D eigenvalue weighted by molar-refractivity contribution is -0.659. The summed E-state index contributed by atoms with van der Waals surface area (Å²) in [5.74, 6) is -0.627. The maximum Gasteiger partial charge on any atom is 0.333 e. The Kier molecular flexibility index (Phi) is 4.40. The van der Waals surface area contributed by atoms with Crippen LogP contribution >= 0.6 is 0 Å². The van der Waals surface area contributed by atoms with E-state index >= 15 is 0 Å². The highest BCUT2D eigenvalue weighted by Crippen LogP contribution is 2.05. The quantitative estimate of drug-likeness (QED) is 0.321. The molecule has 3 aromatic rings. The van der Waals surface area contributed by atoms with E-state index in [1.54, 1.807) is 12.1 Å². The molecule has 1 amide bonds. The third kappa shape index (κ3) is 3.11. The molecule has 2 aromatic heterocycles. The van der Waals surface area contributed by atoms with Crippen molar-refractivity contribution in [1.82, 2.24) is 19.5 Å². The van der Waals surface area contributed by atoms with E-state index in [9.17, 15) is 19.5 Å². The van der Waals surface area contributed by atoms with Crippen molar-refractivity contribution < 1.29 is 14.5 Å². The molecular weight excluding hydrogens is 340 g/mol. The molecule has 10 heteroatoms. The molecule has 0 saturated carbocycles. The SMILES string of the molecule is Cn1c(=O)c2c([nH]c[n+]2CC(=O)N/N=C/c2cccc([O-])c2)n(C)c1=O. The van der Waals surface area contributed by atoms with Gasteiger partial charge in [0.15, 0.2) is 6.54 Å². The van der Waals surface area contributed by atoms with Crippen LogP contribution < -0.4 is 26.3 Å². The number of nitrogens with one attached hydrogen (secondary N) is 2. The number of hydrogen-bond donors (Lipinski definition) is 2. The summed E-state index contributed by atoms with van der Waals surface area (Å²) in [6, 6.07) is 6.06. The number of carbonyl (C=O) groups excluding carboxylic acids is 1. The minimum Gasteiger partial charge on any atom is -0.872 e. The van der Waals surface area contributed by atoms with E-state index in [-0.39, 0.29) is 17.8 Å².